The highest BCUT2D eigenvalue weighted by molar-refractivity contribution is 6.35. The number of phenols is 1. The highest BCUT2D eigenvalue weighted by Crippen LogP contribution is 2.28. The molecule has 0 saturated carbocycles. The quantitative estimate of drug-likeness (QED) is 0.671. The standard InChI is InChI=1S/C13H8ClFN2O4/c14-12-8(2-1-3-11(12)18)13(19)16-10-5-4-7(17(20)21)6-9(10)15/h1-6,18H,(H,16,19). The fraction of sp³-hybridized carbons (Fsp3) is 0. The second-order valence-corrected chi connectivity index (χ2v) is 4.39. The maximum atomic E-state index is 13.7. The molecule has 21 heavy (non-hydrogen) atoms. The molecule has 2 aromatic carbocycles. The molecular formula is C13H8ClFN2O4. The summed E-state index contributed by atoms with van der Waals surface area (Å²) in [5.41, 5.74) is -0.708. The Bertz CT molecular complexity index is 736. The van der Waals surface area contributed by atoms with Gasteiger partial charge in [-0.2, -0.15) is 0 Å². The van der Waals surface area contributed by atoms with Crippen molar-refractivity contribution in [2.45, 2.75) is 0 Å². The summed E-state index contributed by atoms with van der Waals surface area (Å²) in [6, 6.07) is 6.87. The molecule has 0 saturated heterocycles. The Labute approximate surface area is 122 Å². The van der Waals surface area contributed by atoms with E-state index in [-0.39, 0.29) is 22.0 Å². The summed E-state index contributed by atoms with van der Waals surface area (Å²) >= 11 is 5.77. The van der Waals surface area contributed by atoms with E-state index in [2.05, 4.69) is 5.32 Å². The first kappa shape index (κ1) is 14.7. The van der Waals surface area contributed by atoms with Crippen molar-refractivity contribution in [3.05, 3.63) is 62.9 Å². The van der Waals surface area contributed by atoms with E-state index < -0.39 is 22.3 Å². The van der Waals surface area contributed by atoms with Crippen LogP contribution < -0.4 is 5.32 Å². The maximum Gasteiger partial charge on any atom is 0.272 e. The monoisotopic (exact) mass is 310 g/mol. The number of non-ortho nitro benzene ring substituents is 1. The van der Waals surface area contributed by atoms with Crippen LogP contribution in [0.5, 0.6) is 5.75 Å². The summed E-state index contributed by atoms with van der Waals surface area (Å²) in [6.07, 6.45) is 0. The molecule has 0 aliphatic rings. The summed E-state index contributed by atoms with van der Waals surface area (Å²) in [6.45, 7) is 0. The number of hydrogen-bond donors (Lipinski definition) is 2. The second-order valence-electron chi connectivity index (χ2n) is 4.01. The van der Waals surface area contributed by atoms with Gasteiger partial charge in [-0.25, -0.2) is 4.39 Å². The highest BCUT2D eigenvalue weighted by atomic mass is 35.5. The third-order valence-electron chi connectivity index (χ3n) is 2.63. The molecule has 0 unspecified atom stereocenters. The van der Waals surface area contributed by atoms with Gasteiger partial charge in [-0.15, -0.1) is 0 Å². The Morgan fingerprint density at radius 1 is 1.33 bits per heavy atom. The van der Waals surface area contributed by atoms with Gasteiger partial charge in [0.05, 0.1) is 27.3 Å². The topological polar surface area (TPSA) is 92.5 Å². The molecule has 0 heterocycles. The fourth-order valence-corrected chi connectivity index (χ4v) is 1.82. The van der Waals surface area contributed by atoms with Crippen molar-refractivity contribution in [1.29, 1.82) is 0 Å². The average molecular weight is 311 g/mol. The van der Waals surface area contributed by atoms with Crippen molar-refractivity contribution in [2.24, 2.45) is 0 Å². The number of nitrogens with one attached hydrogen (secondary N) is 1. The summed E-state index contributed by atoms with van der Waals surface area (Å²) in [5.74, 6) is -1.98. The Hall–Kier alpha value is -2.67. The molecule has 108 valence electrons. The first-order chi connectivity index (χ1) is 9.90. The zero-order valence-electron chi connectivity index (χ0n) is 10.3. The second kappa shape index (κ2) is 5.76. The van der Waals surface area contributed by atoms with E-state index in [1.807, 2.05) is 0 Å². The molecule has 0 aromatic heterocycles. The summed E-state index contributed by atoms with van der Waals surface area (Å²) < 4.78 is 13.7. The minimum absolute atomic E-state index is 0.0468. The number of rotatable bonds is 3. The molecule has 2 N–H and O–H groups in total. The number of halogens is 2. The largest absolute Gasteiger partial charge is 0.506 e. The maximum absolute atomic E-state index is 13.7. The molecule has 0 fully saturated rings. The Kier molecular flexibility index (Phi) is 4.04. The van der Waals surface area contributed by atoms with Gasteiger partial charge in [-0.05, 0) is 18.2 Å². The molecule has 1 amide bonds. The van der Waals surface area contributed by atoms with E-state index in [4.69, 9.17) is 11.6 Å². The van der Waals surface area contributed by atoms with E-state index >= 15 is 0 Å². The molecule has 0 aliphatic heterocycles. The number of nitrogens with zero attached hydrogens (tertiary/aromatic N) is 1. The van der Waals surface area contributed by atoms with Gasteiger partial charge in [0.25, 0.3) is 11.6 Å². The smallest absolute Gasteiger partial charge is 0.272 e. The first-order valence-corrected chi connectivity index (χ1v) is 6.00. The SMILES string of the molecule is O=C(Nc1ccc([N+](=O)[O-])cc1F)c1cccc(O)c1Cl. The lowest BCUT2D eigenvalue weighted by Crippen LogP contribution is -2.13. The molecule has 6 nitrogen and oxygen atoms in total. The molecule has 2 aromatic rings. The molecule has 0 atom stereocenters. The van der Waals surface area contributed by atoms with Gasteiger partial charge < -0.3 is 10.4 Å². The van der Waals surface area contributed by atoms with Crippen LogP contribution in [-0.2, 0) is 0 Å². The van der Waals surface area contributed by atoms with Gasteiger partial charge in [0, 0.05) is 6.07 Å². The van der Waals surface area contributed by atoms with Gasteiger partial charge >= 0.3 is 0 Å². The molecule has 2 rings (SSSR count). The van der Waals surface area contributed by atoms with Gasteiger partial charge in [-0.3, -0.25) is 14.9 Å². The zero-order valence-corrected chi connectivity index (χ0v) is 11.1. The van der Waals surface area contributed by atoms with Crippen molar-refractivity contribution in [2.75, 3.05) is 5.32 Å². The van der Waals surface area contributed by atoms with Crippen molar-refractivity contribution in [3.8, 4) is 5.75 Å². The highest BCUT2D eigenvalue weighted by Gasteiger charge is 2.16. The number of benzene rings is 2. The Morgan fingerprint density at radius 3 is 2.67 bits per heavy atom. The van der Waals surface area contributed by atoms with Crippen LogP contribution in [0.4, 0.5) is 15.8 Å². The summed E-state index contributed by atoms with van der Waals surface area (Å²) in [4.78, 5) is 21.7. The summed E-state index contributed by atoms with van der Waals surface area (Å²) in [5, 5.41) is 22.0. The number of carbonyl (C=O) groups excluding carboxylic acids is 1. The minimum Gasteiger partial charge on any atom is -0.506 e. The van der Waals surface area contributed by atoms with Gasteiger partial charge in [0.15, 0.2) is 5.82 Å². The van der Waals surface area contributed by atoms with Crippen LogP contribution in [0.2, 0.25) is 5.02 Å². The lowest BCUT2D eigenvalue weighted by Gasteiger charge is -2.08. The Balaban J connectivity index is 2.28. The molecule has 0 spiro atoms. The molecule has 0 radical (unpaired) electrons. The molecule has 8 heteroatoms. The normalized spacial score (nSPS) is 10.2. The molecular weight excluding hydrogens is 303 g/mol. The van der Waals surface area contributed by atoms with Crippen LogP contribution >= 0.6 is 11.6 Å². The van der Waals surface area contributed by atoms with Gasteiger partial charge in [-0.1, -0.05) is 17.7 Å². The lowest BCUT2D eigenvalue weighted by atomic mass is 10.2. The predicted molar refractivity (Wildman–Crippen MR) is 74.1 cm³/mol. The van der Waals surface area contributed by atoms with Gasteiger partial charge in [0.2, 0.25) is 0 Å². The van der Waals surface area contributed by atoms with E-state index in [0.717, 1.165) is 12.1 Å². The van der Waals surface area contributed by atoms with Crippen LogP contribution in [0.3, 0.4) is 0 Å². The molecule has 0 bridgehead atoms. The van der Waals surface area contributed by atoms with Gasteiger partial charge in [0.1, 0.15) is 5.75 Å². The van der Waals surface area contributed by atoms with E-state index in [1.165, 1.54) is 18.2 Å². The number of amides is 1. The Morgan fingerprint density at radius 2 is 2.05 bits per heavy atom. The van der Waals surface area contributed by atoms with Crippen LogP contribution in [0, 0.1) is 15.9 Å². The summed E-state index contributed by atoms with van der Waals surface area (Å²) in [7, 11) is 0. The first-order valence-electron chi connectivity index (χ1n) is 5.63. The number of nitro benzene ring substituents is 1. The van der Waals surface area contributed by atoms with E-state index in [1.54, 1.807) is 0 Å². The number of phenolic OH excluding ortho intramolecular Hbond substituents is 1. The molecule has 0 aliphatic carbocycles. The van der Waals surface area contributed by atoms with Crippen LogP contribution in [0.15, 0.2) is 36.4 Å². The fourth-order valence-electron chi connectivity index (χ4n) is 1.60. The third-order valence-corrected chi connectivity index (χ3v) is 3.03. The number of nitro groups is 1. The van der Waals surface area contributed by atoms with E-state index in [9.17, 15) is 24.4 Å². The van der Waals surface area contributed by atoms with Crippen molar-refractivity contribution in [3.63, 3.8) is 0 Å². The average Bonchev–Trinajstić information content (AvgIpc) is 2.43. The van der Waals surface area contributed by atoms with E-state index in [0.29, 0.717) is 6.07 Å². The lowest BCUT2D eigenvalue weighted by molar-refractivity contribution is -0.385. The zero-order chi connectivity index (χ0) is 15.6. The van der Waals surface area contributed by atoms with Crippen LogP contribution in [0.25, 0.3) is 0 Å². The van der Waals surface area contributed by atoms with Crippen LogP contribution in [0.1, 0.15) is 10.4 Å². The minimum atomic E-state index is -0.950. The van der Waals surface area contributed by atoms with Crippen molar-refractivity contribution < 1.29 is 19.2 Å². The predicted octanol–water partition coefficient (Wildman–Crippen LogP) is 3.35. The number of hydrogen-bond acceptors (Lipinski definition) is 4. The van der Waals surface area contributed by atoms with Crippen molar-refractivity contribution >= 4 is 28.9 Å². The number of anilines is 1. The van der Waals surface area contributed by atoms with Crippen LogP contribution in [-0.4, -0.2) is 15.9 Å². The number of carbonyl (C=O) groups is 1. The third kappa shape index (κ3) is 3.09. The van der Waals surface area contributed by atoms with Crippen molar-refractivity contribution in [1.82, 2.24) is 0 Å². The number of aromatic hydroxyl groups is 1.